The lowest BCUT2D eigenvalue weighted by Crippen LogP contribution is -2.42. The third-order valence-corrected chi connectivity index (χ3v) is 7.73. The molecule has 40 heavy (non-hydrogen) atoms. The van der Waals surface area contributed by atoms with Gasteiger partial charge in [0.15, 0.2) is 0 Å². The zero-order chi connectivity index (χ0) is 28.6. The summed E-state index contributed by atoms with van der Waals surface area (Å²) in [5.41, 5.74) is 0.785. The number of halogens is 1. The molecule has 0 aliphatic carbocycles. The van der Waals surface area contributed by atoms with Crippen molar-refractivity contribution in [1.29, 1.82) is 0 Å². The zero-order valence-corrected chi connectivity index (χ0v) is 23.9. The number of carbonyl (C=O) groups excluding carboxylic acids is 3. The number of pyridine rings is 1. The van der Waals surface area contributed by atoms with Crippen LogP contribution in [0.5, 0.6) is 5.75 Å². The van der Waals surface area contributed by atoms with Gasteiger partial charge in [0.2, 0.25) is 5.91 Å². The van der Waals surface area contributed by atoms with Gasteiger partial charge in [0.05, 0.1) is 32.6 Å². The van der Waals surface area contributed by atoms with Crippen molar-refractivity contribution in [2.24, 2.45) is 11.8 Å². The Kier molecular flexibility index (Phi) is 14.5. The molecule has 1 N–H and O–H groups in total. The summed E-state index contributed by atoms with van der Waals surface area (Å²) >= 11 is 0. The number of likely N-dealkylation sites (tertiary alicyclic amines) is 1. The first-order valence-electron chi connectivity index (χ1n) is 14.8. The molecule has 0 radical (unpaired) electrons. The summed E-state index contributed by atoms with van der Waals surface area (Å²) in [6, 6.07) is 1.83. The number of amides is 1. The average molecular weight is 564 g/mol. The van der Waals surface area contributed by atoms with Gasteiger partial charge in [0.1, 0.15) is 30.6 Å². The number of carbonyl (C=O) groups is 3. The highest BCUT2D eigenvalue weighted by Gasteiger charge is 2.30. The van der Waals surface area contributed by atoms with Gasteiger partial charge < -0.3 is 29.2 Å². The van der Waals surface area contributed by atoms with Gasteiger partial charge >= 0.3 is 0 Å². The SMILES string of the molecule is CC(=O)C[C@H](CC(=O)[C@@H]1CCCN(C(=O)CCC2CCNCC2)C1)c1cncc(OCCOCCOCCF)c1. The Hall–Kier alpha value is -2.43. The second kappa shape index (κ2) is 18.1. The Morgan fingerprint density at radius 2 is 1.80 bits per heavy atom. The molecular weight excluding hydrogens is 517 g/mol. The standard InChI is InChI=1S/C30H46FN3O6/c1-23(35)17-26(27-18-28(21-33-20-27)40-16-15-39-14-13-38-12-8-31)19-29(36)25-3-2-11-34(22-25)30(37)5-4-24-6-9-32-10-7-24/h18,20-21,24-26,32H,2-17,19,22H2,1H3/t25-,26-/m1/s1. The largest absolute Gasteiger partial charge is 0.490 e. The van der Waals surface area contributed by atoms with Crippen molar-refractivity contribution in [3.8, 4) is 5.75 Å². The van der Waals surface area contributed by atoms with E-state index >= 15 is 0 Å². The lowest BCUT2D eigenvalue weighted by molar-refractivity contribution is -0.135. The normalized spacial score (nSPS) is 18.9. The summed E-state index contributed by atoms with van der Waals surface area (Å²) in [7, 11) is 0. The molecule has 0 saturated carbocycles. The van der Waals surface area contributed by atoms with Crippen molar-refractivity contribution in [2.45, 2.75) is 64.2 Å². The summed E-state index contributed by atoms with van der Waals surface area (Å²) < 4.78 is 28.2. The molecule has 0 bridgehead atoms. The fraction of sp³-hybridized carbons (Fsp3) is 0.733. The summed E-state index contributed by atoms with van der Waals surface area (Å²) in [4.78, 5) is 44.6. The highest BCUT2D eigenvalue weighted by atomic mass is 19.1. The zero-order valence-electron chi connectivity index (χ0n) is 23.9. The molecule has 1 aromatic rings. The van der Waals surface area contributed by atoms with Crippen molar-refractivity contribution in [1.82, 2.24) is 15.2 Å². The summed E-state index contributed by atoms with van der Waals surface area (Å²) in [5.74, 6) is 0.900. The monoisotopic (exact) mass is 563 g/mol. The van der Waals surface area contributed by atoms with Crippen LogP contribution in [0.25, 0.3) is 0 Å². The Morgan fingerprint density at radius 3 is 2.55 bits per heavy atom. The van der Waals surface area contributed by atoms with Gasteiger partial charge in [-0.2, -0.15) is 0 Å². The molecule has 2 saturated heterocycles. The van der Waals surface area contributed by atoms with E-state index in [9.17, 15) is 18.8 Å². The maximum Gasteiger partial charge on any atom is 0.222 e. The fourth-order valence-electron chi connectivity index (χ4n) is 5.52. The van der Waals surface area contributed by atoms with Gasteiger partial charge in [0.25, 0.3) is 0 Å². The molecule has 1 amide bonds. The highest BCUT2D eigenvalue weighted by Crippen LogP contribution is 2.30. The molecule has 2 aliphatic heterocycles. The first-order valence-corrected chi connectivity index (χ1v) is 14.8. The first-order chi connectivity index (χ1) is 19.5. The van der Waals surface area contributed by atoms with Crippen LogP contribution in [0, 0.1) is 11.8 Å². The lowest BCUT2D eigenvalue weighted by atomic mass is 9.84. The Morgan fingerprint density at radius 1 is 1.05 bits per heavy atom. The molecule has 0 aromatic carbocycles. The number of nitrogens with one attached hydrogen (secondary N) is 1. The van der Waals surface area contributed by atoms with E-state index in [4.69, 9.17) is 14.2 Å². The third kappa shape index (κ3) is 11.6. The second-order valence-electron chi connectivity index (χ2n) is 10.9. The van der Waals surface area contributed by atoms with Crippen molar-refractivity contribution in [3.63, 3.8) is 0 Å². The predicted molar refractivity (Wildman–Crippen MR) is 149 cm³/mol. The summed E-state index contributed by atoms with van der Waals surface area (Å²) in [6.07, 6.45) is 9.05. The number of rotatable bonds is 18. The number of ketones is 2. The first kappa shape index (κ1) is 32.1. The van der Waals surface area contributed by atoms with E-state index in [1.165, 1.54) is 6.92 Å². The number of nitrogens with zero attached hydrogens (tertiary/aromatic N) is 2. The van der Waals surface area contributed by atoms with Crippen LogP contribution >= 0.6 is 0 Å². The van der Waals surface area contributed by atoms with Crippen LogP contribution in [0.1, 0.15) is 69.8 Å². The van der Waals surface area contributed by atoms with Crippen LogP contribution in [-0.2, 0) is 23.9 Å². The lowest BCUT2D eigenvalue weighted by Gasteiger charge is -2.33. The Balaban J connectivity index is 1.49. The quantitative estimate of drug-likeness (QED) is 0.271. The number of ether oxygens (including phenoxy) is 3. The van der Waals surface area contributed by atoms with Crippen molar-refractivity contribution >= 4 is 17.5 Å². The molecule has 224 valence electrons. The number of aromatic nitrogens is 1. The van der Waals surface area contributed by atoms with Crippen molar-refractivity contribution in [3.05, 3.63) is 24.0 Å². The van der Waals surface area contributed by atoms with E-state index in [-0.39, 0.29) is 48.8 Å². The van der Waals surface area contributed by atoms with E-state index in [0.717, 1.165) is 50.8 Å². The van der Waals surface area contributed by atoms with E-state index in [1.54, 1.807) is 12.4 Å². The van der Waals surface area contributed by atoms with Gasteiger partial charge in [-0.25, -0.2) is 4.39 Å². The van der Waals surface area contributed by atoms with Gasteiger partial charge in [-0.05, 0) is 75.6 Å². The second-order valence-corrected chi connectivity index (χ2v) is 10.9. The smallest absolute Gasteiger partial charge is 0.222 e. The van der Waals surface area contributed by atoms with Crippen LogP contribution < -0.4 is 10.1 Å². The summed E-state index contributed by atoms with van der Waals surface area (Å²) in [6.45, 7) is 5.64. The Labute approximate surface area is 237 Å². The number of hydrogen-bond donors (Lipinski definition) is 1. The fourth-order valence-corrected chi connectivity index (χ4v) is 5.52. The maximum atomic E-state index is 13.4. The molecule has 10 heteroatoms. The highest BCUT2D eigenvalue weighted by molar-refractivity contribution is 5.85. The maximum absolute atomic E-state index is 13.4. The Bertz CT molecular complexity index is 926. The van der Waals surface area contributed by atoms with E-state index in [2.05, 4.69) is 10.3 Å². The van der Waals surface area contributed by atoms with Crippen LogP contribution in [0.2, 0.25) is 0 Å². The van der Waals surface area contributed by atoms with Gasteiger partial charge in [-0.15, -0.1) is 0 Å². The molecule has 1 aromatic heterocycles. The number of hydrogen-bond acceptors (Lipinski definition) is 8. The van der Waals surface area contributed by atoms with E-state index in [1.807, 2.05) is 11.0 Å². The molecule has 2 fully saturated rings. The van der Waals surface area contributed by atoms with Crippen LogP contribution in [-0.4, -0.2) is 93.2 Å². The molecular formula is C30H46FN3O6. The van der Waals surface area contributed by atoms with Crippen molar-refractivity contribution in [2.75, 3.05) is 65.9 Å². The molecule has 3 rings (SSSR count). The van der Waals surface area contributed by atoms with Crippen molar-refractivity contribution < 1.29 is 33.0 Å². The minimum Gasteiger partial charge on any atom is -0.490 e. The van der Waals surface area contributed by atoms with E-state index in [0.29, 0.717) is 57.6 Å². The minimum atomic E-state index is -0.514. The predicted octanol–water partition coefficient (Wildman–Crippen LogP) is 3.50. The molecule has 2 atom stereocenters. The third-order valence-electron chi connectivity index (χ3n) is 7.73. The minimum absolute atomic E-state index is 0.00543. The summed E-state index contributed by atoms with van der Waals surface area (Å²) in [5, 5.41) is 3.36. The molecule has 9 nitrogen and oxygen atoms in total. The van der Waals surface area contributed by atoms with Gasteiger partial charge in [0, 0.05) is 44.5 Å². The van der Waals surface area contributed by atoms with Crippen LogP contribution in [0.4, 0.5) is 4.39 Å². The van der Waals surface area contributed by atoms with Gasteiger partial charge in [-0.1, -0.05) is 0 Å². The molecule has 0 unspecified atom stereocenters. The molecule has 3 heterocycles. The average Bonchev–Trinajstić information content (AvgIpc) is 2.97. The van der Waals surface area contributed by atoms with Crippen LogP contribution in [0.3, 0.4) is 0 Å². The van der Waals surface area contributed by atoms with Crippen LogP contribution in [0.15, 0.2) is 18.5 Å². The number of Topliss-reactive ketones (excluding diaryl/α,β-unsaturated/α-hetero) is 2. The van der Waals surface area contributed by atoms with E-state index < -0.39 is 6.67 Å². The number of piperidine rings is 2. The molecule has 0 spiro atoms. The molecule has 2 aliphatic rings. The number of alkyl halides is 1. The topological polar surface area (TPSA) is 107 Å². The van der Waals surface area contributed by atoms with Gasteiger partial charge in [-0.3, -0.25) is 14.6 Å².